The van der Waals surface area contributed by atoms with Crippen molar-refractivity contribution in [2.75, 3.05) is 50.1 Å². The molecule has 32 heavy (non-hydrogen) atoms. The molecule has 2 saturated heterocycles. The number of rotatable bonds is 6. The molecule has 2 aliphatic rings. The summed E-state index contributed by atoms with van der Waals surface area (Å²) in [6, 6.07) is 12.0. The first-order valence-electron chi connectivity index (χ1n) is 10.5. The number of methoxy groups -OCH3 is 1. The van der Waals surface area contributed by atoms with E-state index in [-0.39, 0.29) is 11.9 Å². The lowest BCUT2D eigenvalue weighted by atomic mass is 10.1. The molecule has 2 aromatic heterocycles. The Kier molecular flexibility index (Phi) is 5.26. The third kappa shape index (κ3) is 3.80. The van der Waals surface area contributed by atoms with Gasteiger partial charge in [0.2, 0.25) is 5.88 Å². The van der Waals surface area contributed by atoms with Gasteiger partial charge in [0.05, 0.1) is 30.5 Å². The second kappa shape index (κ2) is 8.23. The van der Waals surface area contributed by atoms with Crippen LogP contribution in [0.5, 0.6) is 5.88 Å². The standard InChI is InChI=1S/C23H24FN5O3/c1-27(13-18-14-29(23(30)32-18)16-5-3-4-15(24)10-16)17-11-28(12-17)20-8-9-25-19-6-7-21(31-2)26-22(19)20/h3-10,17-18H,11-14H2,1-2H3/t18-/m1/s1. The number of carbonyl (C=O) groups is 1. The van der Waals surface area contributed by atoms with E-state index in [2.05, 4.69) is 19.8 Å². The van der Waals surface area contributed by atoms with E-state index in [1.807, 2.05) is 25.2 Å². The van der Waals surface area contributed by atoms with Crippen molar-refractivity contribution in [3.05, 3.63) is 54.5 Å². The molecule has 2 fully saturated rings. The topological polar surface area (TPSA) is 71.0 Å². The lowest BCUT2D eigenvalue weighted by molar-refractivity contribution is 0.0957. The van der Waals surface area contributed by atoms with Crippen molar-refractivity contribution in [2.45, 2.75) is 12.1 Å². The van der Waals surface area contributed by atoms with E-state index < -0.39 is 6.09 Å². The van der Waals surface area contributed by atoms with Gasteiger partial charge < -0.3 is 14.4 Å². The van der Waals surface area contributed by atoms with Gasteiger partial charge >= 0.3 is 6.09 Å². The van der Waals surface area contributed by atoms with Gasteiger partial charge in [-0.05, 0) is 37.4 Å². The summed E-state index contributed by atoms with van der Waals surface area (Å²) < 4.78 is 24.3. The molecule has 1 atom stereocenters. The number of halogens is 1. The van der Waals surface area contributed by atoms with Crippen molar-refractivity contribution in [1.29, 1.82) is 0 Å². The van der Waals surface area contributed by atoms with Crippen LogP contribution < -0.4 is 14.5 Å². The van der Waals surface area contributed by atoms with Crippen LogP contribution in [0.3, 0.4) is 0 Å². The summed E-state index contributed by atoms with van der Waals surface area (Å²) in [5.41, 5.74) is 3.20. The van der Waals surface area contributed by atoms with Crippen molar-refractivity contribution in [1.82, 2.24) is 14.9 Å². The number of cyclic esters (lactones) is 1. The Morgan fingerprint density at radius 3 is 2.84 bits per heavy atom. The molecular formula is C23H24FN5O3. The minimum absolute atomic E-state index is 0.266. The Hall–Kier alpha value is -3.46. The zero-order chi connectivity index (χ0) is 22.2. The number of carbonyl (C=O) groups excluding carboxylic acids is 1. The Morgan fingerprint density at radius 1 is 1.22 bits per heavy atom. The van der Waals surface area contributed by atoms with Crippen LogP contribution in [0, 0.1) is 5.82 Å². The fourth-order valence-electron chi connectivity index (χ4n) is 4.24. The summed E-state index contributed by atoms with van der Waals surface area (Å²) in [6.07, 6.45) is 1.09. The number of anilines is 2. The summed E-state index contributed by atoms with van der Waals surface area (Å²) >= 11 is 0. The van der Waals surface area contributed by atoms with Crippen LogP contribution in [0.2, 0.25) is 0 Å². The number of hydrogen-bond donors (Lipinski definition) is 0. The highest BCUT2D eigenvalue weighted by molar-refractivity contribution is 5.90. The molecule has 1 amide bonds. The molecule has 0 saturated carbocycles. The highest BCUT2D eigenvalue weighted by Gasteiger charge is 2.37. The van der Waals surface area contributed by atoms with Crippen LogP contribution >= 0.6 is 0 Å². The van der Waals surface area contributed by atoms with E-state index in [9.17, 15) is 9.18 Å². The molecule has 0 bridgehead atoms. The van der Waals surface area contributed by atoms with Crippen molar-refractivity contribution in [3.63, 3.8) is 0 Å². The number of fused-ring (bicyclic) bond motifs is 1. The maximum absolute atomic E-state index is 13.5. The maximum Gasteiger partial charge on any atom is 0.414 e. The molecule has 0 aliphatic carbocycles. The van der Waals surface area contributed by atoms with E-state index in [0.717, 1.165) is 29.8 Å². The molecule has 166 valence electrons. The van der Waals surface area contributed by atoms with Gasteiger partial charge in [0.25, 0.3) is 0 Å². The highest BCUT2D eigenvalue weighted by Crippen LogP contribution is 2.30. The van der Waals surface area contributed by atoms with E-state index >= 15 is 0 Å². The lowest BCUT2D eigenvalue weighted by Crippen LogP contribution is -2.59. The normalized spacial score (nSPS) is 18.9. The SMILES string of the molecule is COc1ccc2nccc(N3CC(N(C)C[C@@H]4CN(c5cccc(F)c5)C(=O)O4)C3)c2n1. The van der Waals surface area contributed by atoms with E-state index in [1.54, 1.807) is 25.4 Å². The molecule has 3 aromatic rings. The predicted octanol–water partition coefficient (Wildman–Crippen LogP) is 2.92. The molecule has 0 spiro atoms. The summed E-state index contributed by atoms with van der Waals surface area (Å²) in [5, 5.41) is 0. The maximum atomic E-state index is 13.5. The van der Waals surface area contributed by atoms with E-state index in [4.69, 9.17) is 9.47 Å². The van der Waals surface area contributed by atoms with Gasteiger partial charge in [-0.25, -0.2) is 14.2 Å². The van der Waals surface area contributed by atoms with Crippen LogP contribution in [-0.4, -0.2) is 73.4 Å². The average molecular weight is 437 g/mol. The molecule has 1 aromatic carbocycles. The van der Waals surface area contributed by atoms with E-state index in [1.165, 1.54) is 17.0 Å². The van der Waals surface area contributed by atoms with Gasteiger partial charge in [0, 0.05) is 37.9 Å². The average Bonchev–Trinajstić information content (AvgIpc) is 3.12. The van der Waals surface area contributed by atoms with Gasteiger partial charge in [-0.2, -0.15) is 0 Å². The molecule has 0 N–H and O–H groups in total. The third-order valence-electron chi connectivity index (χ3n) is 6.06. The molecule has 4 heterocycles. The number of benzene rings is 1. The van der Waals surface area contributed by atoms with Crippen molar-refractivity contribution in [3.8, 4) is 5.88 Å². The minimum atomic E-state index is -0.437. The van der Waals surface area contributed by atoms with Gasteiger partial charge in [0.15, 0.2) is 0 Å². The molecule has 9 heteroatoms. The fourth-order valence-corrected chi connectivity index (χ4v) is 4.24. The first-order valence-corrected chi connectivity index (χ1v) is 10.5. The molecule has 8 nitrogen and oxygen atoms in total. The predicted molar refractivity (Wildman–Crippen MR) is 119 cm³/mol. The van der Waals surface area contributed by atoms with Crippen LogP contribution in [-0.2, 0) is 4.74 Å². The largest absolute Gasteiger partial charge is 0.481 e. The highest BCUT2D eigenvalue weighted by atomic mass is 19.1. The van der Waals surface area contributed by atoms with Crippen LogP contribution in [0.25, 0.3) is 11.0 Å². The van der Waals surface area contributed by atoms with Gasteiger partial charge in [-0.1, -0.05) is 6.07 Å². The first-order chi connectivity index (χ1) is 15.5. The molecule has 5 rings (SSSR count). The summed E-state index contributed by atoms with van der Waals surface area (Å²) in [5.74, 6) is 0.188. The fraction of sp³-hybridized carbons (Fsp3) is 0.348. The third-order valence-corrected chi connectivity index (χ3v) is 6.06. The second-order valence-electron chi connectivity index (χ2n) is 8.15. The number of ether oxygens (including phenoxy) is 2. The van der Waals surface area contributed by atoms with Gasteiger partial charge in [-0.3, -0.25) is 14.8 Å². The number of pyridine rings is 2. The molecule has 0 radical (unpaired) electrons. The Morgan fingerprint density at radius 2 is 2.06 bits per heavy atom. The lowest BCUT2D eigenvalue weighted by Gasteiger charge is -2.45. The molecular weight excluding hydrogens is 413 g/mol. The minimum Gasteiger partial charge on any atom is -0.481 e. The van der Waals surface area contributed by atoms with Crippen LogP contribution in [0.1, 0.15) is 0 Å². The number of likely N-dealkylation sites (N-methyl/N-ethyl adjacent to an activating group) is 1. The van der Waals surface area contributed by atoms with E-state index in [0.29, 0.717) is 30.7 Å². The smallest absolute Gasteiger partial charge is 0.414 e. The summed E-state index contributed by atoms with van der Waals surface area (Å²) in [7, 11) is 3.64. The Labute approximate surface area is 185 Å². The summed E-state index contributed by atoms with van der Waals surface area (Å²) in [6.45, 7) is 2.69. The number of aromatic nitrogens is 2. The molecule has 0 unspecified atom stereocenters. The van der Waals surface area contributed by atoms with Crippen molar-refractivity contribution in [2.24, 2.45) is 0 Å². The molecule has 2 aliphatic heterocycles. The van der Waals surface area contributed by atoms with Crippen molar-refractivity contribution >= 4 is 28.5 Å². The van der Waals surface area contributed by atoms with Gasteiger partial charge in [0.1, 0.15) is 17.4 Å². The zero-order valence-electron chi connectivity index (χ0n) is 17.9. The monoisotopic (exact) mass is 437 g/mol. The quantitative estimate of drug-likeness (QED) is 0.587. The van der Waals surface area contributed by atoms with Crippen LogP contribution in [0.4, 0.5) is 20.6 Å². The summed E-state index contributed by atoms with van der Waals surface area (Å²) in [4.78, 5) is 27.2. The van der Waals surface area contributed by atoms with Crippen LogP contribution in [0.15, 0.2) is 48.7 Å². The second-order valence-corrected chi connectivity index (χ2v) is 8.15. The number of hydrogen-bond acceptors (Lipinski definition) is 7. The number of nitrogens with zero attached hydrogens (tertiary/aromatic N) is 5. The van der Waals surface area contributed by atoms with Gasteiger partial charge in [-0.15, -0.1) is 0 Å². The van der Waals surface area contributed by atoms with Crippen molar-refractivity contribution < 1.29 is 18.7 Å². The first kappa shape index (κ1) is 20.4. The Balaban J connectivity index is 1.21. The number of amides is 1. The Bertz CT molecular complexity index is 1150. The zero-order valence-corrected chi connectivity index (χ0v) is 17.9.